The minimum Gasteiger partial charge on any atom is -0.512 e. The largest absolute Gasteiger partial charge is 0.512 e. The Morgan fingerprint density at radius 2 is 2.20 bits per heavy atom. The fourth-order valence-corrected chi connectivity index (χ4v) is 0.422. The first kappa shape index (κ1) is 9.01. The van der Waals surface area contributed by atoms with Gasteiger partial charge in [-0.05, 0) is 6.92 Å². The maximum absolute atomic E-state index is 10.6. The summed E-state index contributed by atoms with van der Waals surface area (Å²) in [5.74, 6) is -0.430. The third-order valence-electron chi connectivity index (χ3n) is 0.933. The molecule has 3 nitrogen and oxygen atoms in total. The number of ether oxygens (including phenoxy) is 1. The number of hydrogen-bond donors (Lipinski definition) is 1. The van der Waals surface area contributed by atoms with Crippen molar-refractivity contribution in [3.8, 4) is 0 Å². The van der Waals surface area contributed by atoms with Crippen LogP contribution in [0.25, 0.3) is 0 Å². The highest BCUT2D eigenvalue weighted by atomic mass is 16.5. The van der Waals surface area contributed by atoms with E-state index in [1.807, 2.05) is 0 Å². The van der Waals surface area contributed by atoms with Gasteiger partial charge in [0.25, 0.3) is 0 Å². The number of esters is 1. The van der Waals surface area contributed by atoms with Gasteiger partial charge < -0.3 is 9.84 Å². The van der Waals surface area contributed by atoms with Crippen LogP contribution in [0.1, 0.15) is 20.3 Å². The molecule has 0 aliphatic carbocycles. The molecule has 0 saturated heterocycles. The number of carbonyl (C=O) groups is 1. The zero-order valence-electron chi connectivity index (χ0n) is 6.26. The topological polar surface area (TPSA) is 46.5 Å². The van der Waals surface area contributed by atoms with E-state index in [1.165, 1.54) is 0 Å². The van der Waals surface area contributed by atoms with Gasteiger partial charge in [-0.15, -0.1) is 0 Å². The van der Waals surface area contributed by atoms with Gasteiger partial charge in [-0.1, -0.05) is 6.92 Å². The van der Waals surface area contributed by atoms with E-state index in [-0.39, 0.29) is 5.76 Å². The summed E-state index contributed by atoms with van der Waals surface area (Å²) >= 11 is 0. The molecule has 0 rings (SSSR count). The maximum atomic E-state index is 10.6. The second-order valence-electron chi connectivity index (χ2n) is 1.74. The van der Waals surface area contributed by atoms with E-state index in [0.717, 1.165) is 6.08 Å². The van der Waals surface area contributed by atoms with Gasteiger partial charge in [0.15, 0.2) is 0 Å². The molecule has 0 amide bonds. The van der Waals surface area contributed by atoms with Crippen LogP contribution in [0.3, 0.4) is 0 Å². The molecular weight excluding hydrogens is 132 g/mol. The molecule has 0 heterocycles. The van der Waals surface area contributed by atoms with Crippen LogP contribution < -0.4 is 0 Å². The molecular formula is C7H12O3. The van der Waals surface area contributed by atoms with E-state index in [4.69, 9.17) is 5.11 Å². The highest BCUT2D eigenvalue weighted by Crippen LogP contribution is 1.94. The van der Waals surface area contributed by atoms with Crippen LogP contribution in [-0.2, 0) is 9.53 Å². The summed E-state index contributed by atoms with van der Waals surface area (Å²) in [7, 11) is 0. The molecule has 0 fully saturated rings. The molecule has 3 heteroatoms. The molecule has 0 unspecified atom stereocenters. The third kappa shape index (κ3) is 3.95. The molecule has 0 aromatic rings. The SMILES string of the molecule is CCOC(=O)/C=C(\O)CC. The van der Waals surface area contributed by atoms with Crippen molar-refractivity contribution in [2.75, 3.05) is 6.61 Å². The van der Waals surface area contributed by atoms with Crippen molar-refractivity contribution < 1.29 is 14.6 Å². The lowest BCUT2D eigenvalue weighted by atomic mass is 10.4. The Labute approximate surface area is 60.3 Å². The van der Waals surface area contributed by atoms with Crippen LogP contribution in [-0.4, -0.2) is 17.7 Å². The van der Waals surface area contributed by atoms with E-state index in [2.05, 4.69) is 4.74 Å². The molecule has 0 aromatic carbocycles. The lowest BCUT2D eigenvalue weighted by Gasteiger charge is -1.95. The molecule has 0 aromatic heterocycles. The van der Waals surface area contributed by atoms with Gasteiger partial charge in [0.05, 0.1) is 18.4 Å². The van der Waals surface area contributed by atoms with Crippen molar-refractivity contribution >= 4 is 5.97 Å². The van der Waals surface area contributed by atoms with Crippen LogP contribution in [0.2, 0.25) is 0 Å². The van der Waals surface area contributed by atoms with Crippen LogP contribution >= 0.6 is 0 Å². The highest BCUT2D eigenvalue weighted by Gasteiger charge is 1.96. The Morgan fingerprint density at radius 1 is 1.60 bits per heavy atom. The second kappa shape index (κ2) is 4.85. The van der Waals surface area contributed by atoms with E-state index >= 15 is 0 Å². The van der Waals surface area contributed by atoms with Crippen molar-refractivity contribution in [1.82, 2.24) is 0 Å². The minimum absolute atomic E-state index is 0.0541. The first-order valence-electron chi connectivity index (χ1n) is 3.27. The fraction of sp³-hybridized carbons (Fsp3) is 0.571. The molecule has 0 aliphatic heterocycles. The normalized spacial score (nSPS) is 11.2. The van der Waals surface area contributed by atoms with Crippen molar-refractivity contribution in [3.05, 3.63) is 11.8 Å². The first-order chi connectivity index (χ1) is 4.70. The van der Waals surface area contributed by atoms with Gasteiger partial charge in [0, 0.05) is 6.42 Å². The Hall–Kier alpha value is -0.990. The summed E-state index contributed by atoms with van der Waals surface area (Å²) in [6.07, 6.45) is 1.54. The van der Waals surface area contributed by atoms with Gasteiger partial charge in [-0.25, -0.2) is 4.79 Å². The highest BCUT2D eigenvalue weighted by molar-refractivity contribution is 5.82. The number of hydrogen-bond acceptors (Lipinski definition) is 3. The molecule has 0 radical (unpaired) electrons. The van der Waals surface area contributed by atoms with Crippen LogP contribution in [0.4, 0.5) is 0 Å². The van der Waals surface area contributed by atoms with E-state index in [1.54, 1.807) is 13.8 Å². The number of aliphatic hydroxyl groups is 1. The monoisotopic (exact) mass is 144 g/mol. The standard InChI is InChI=1S/C7H12O3/c1-3-6(8)5-7(9)10-4-2/h5,8H,3-4H2,1-2H3/b6-5-. The molecule has 0 saturated carbocycles. The van der Waals surface area contributed by atoms with Crippen molar-refractivity contribution in [2.45, 2.75) is 20.3 Å². The molecule has 10 heavy (non-hydrogen) atoms. The van der Waals surface area contributed by atoms with Gasteiger partial charge in [-0.2, -0.15) is 0 Å². The van der Waals surface area contributed by atoms with Gasteiger partial charge in [-0.3, -0.25) is 0 Å². The summed E-state index contributed by atoms with van der Waals surface area (Å²) in [5, 5.41) is 8.82. The van der Waals surface area contributed by atoms with Crippen molar-refractivity contribution in [1.29, 1.82) is 0 Å². The average Bonchev–Trinajstić information content (AvgIpc) is 1.88. The summed E-state index contributed by atoms with van der Waals surface area (Å²) in [6.45, 7) is 3.81. The minimum atomic E-state index is -0.484. The number of allylic oxidation sites excluding steroid dienone is 1. The van der Waals surface area contributed by atoms with Crippen LogP contribution in [0.5, 0.6) is 0 Å². The number of rotatable bonds is 3. The molecule has 1 N–H and O–H groups in total. The Morgan fingerprint density at radius 3 is 2.60 bits per heavy atom. The molecule has 58 valence electrons. The van der Waals surface area contributed by atoms with E-state index in [0.29, 0.717) is 13.0 Å². The maximum Gasteiger partial charge on any atom is 0.334 e. The lowest BCUT2D eigenvalue weighted by Crippen LogP contribution is -2.00. The van der Waals surface area contributed by atoms with Crippen molar-refractivity contribution in [3.63, 3.8) is 0 Å². The van der Waals surface area contributed by atoms with Gasteiger partial charge >= 0.3 is 5.97 Å². The zero-order valence-corrected chi connectivity index (χ0v) is 6.26. The Kier molecular flexibility index (Phi) is 4.37. The summed E-state index contributed by atoms with van der Waals surface area (Å²) in [5.41, 5.74) is 0. The zero-order chi connectivity index (χ0) is 7.98. The number of carbonyl (C=O) groups excluding carboxylic acids is 1. The molecule has 0 atom stereocenters. The summed E-state index contributed by atoms with van der Waals surface area (Å²) in [4.78, 5) is 10.6. The first-order valence-corrected chi connectivity index (χ1v) is 3.27. The predicted molar refractivity (Wildman–Crippen MR) is 37.6 cm³/mol. The quantitative estimate of drug-likeness (QED) is 0.370. The van der Waals surface area contributed by atoms with E-state index < -0.39 is 5.97 Å². The molecule has 0 bridgehead atoms. The van der Waals surface area contributed by atoms with Crippen LogP contribution in [0.15, 0.2) is 11.8 Å². The van der Waals surface area contributed by atoms with Crippen molar-refractivity contribution in [2.24, 2.45) is 0 Å². The second-order valence-corrected chi connectivity index (χ2v) is 1.74. The average molecular weight is 144 g/mol. The fourth-order valence-electron chi connectivity index (χ4n) is 0.422. The third-order valence-corrected chi connectivity index (χ3v) is 0.933. The van der Waals surface area contributed by atoms with Crippen LogP contribution in [0, 0.1) is 0 Å². The van der Waals surface area contributed by atoms with Gasteiger partial charge in [0.1, 0.15) is 0 Å². The smallest absolute Gasteiger partial charge is 0.334 e. The summed E-state index contributed by atoms with van der Waals surface area (Å²) < 4.78 is 4.54. The lowest BCUT2D eigenvalue weighted by molar-refractivity contribution is -0.137. The number of aliphatic hydroxyl groups excluding tert-OH is 1. The molecule has 0 spiro atoms. The molecule has 0 aliphatic rings. The predicted octanol–water partition coefficient (Wildman–Crippen LogP) is 1.40. The van der Waals surface area contributed by atoms with Gasteiger partial charge in [0.2, 0.25) is 0 Å². The summed E-state index contributed by atoms with van der Waals surface area (Å²) in [6, 6.07) is 0. The Bertz CT molecular complexity index is 138. The van der Waals surface area contributed by atoms with E-state index in [9.17, 15) is 4.79 Å². The Balaban J connectivity index is 3.75.